The predicted molar refractivity (Wildman–Crippen MR) is 68.4 cm³/mol. The minimum Gasteiger partial charge on any atom is -0.478 e. The van der Waals surface area contributed by atoms with Gasteiger partial charge in [0.05, 0.1) is 11.3 Å². The molecule has 0 heterocycles. The molecule has 0 saturated heterocycles. The van der Waals surface area contributed by atoms with Crippen LogP contribution in [0.3, 0.4) is 0 Å². The number of rotatable bonds is 2. The number of carbonyl (C=O) groups excluding carboxylic acids is 1. The molecule has 0 aliphatic heterocycles. The normalized spacial score (nSPS) is 9.29. The molecule has 5 heteroatoms. The van der Waals surface area contributed by atoms with Crippen molar-refractivity contribution in [3.63, 3.8) is 0 Å². The van der Waals surface area contributed by atoms with Gasteiger partial charge in [0.1, 0.15) is 0 Å². The summed E-state index contributed by atoms with van der Waals surface area (Å²) in [5, 5.41) is 9.15. The van der Waals surface area contributed by atoms with E-state index in [-0.39, 0.29) is 10.7 Å². The number of benzene rings is 1. The van der Waals surface area contributed by atoms with E-state index in [4.69, 9.17) is 16.7 Å². The van der Waals surface area contributed by atoms with E-state index in [2.05, 4.69) is 11.8 Å². The van der Waals surface area contributed by atoms with E-state index in [1.807, 2.05) is 0 Å². The van der Waals surface area contributed by atoms with Gasteiger partial charge in [0, 0.05) is 17.5 Å². The Hall–Kier alpha value is -1.44. The highest BCUT2D eigenvalue weighted by atomic mass is 35.5. The lowest BCUT2D eigenvalue weighted by Gasteiger charge is -1.97. The molecule has 3 nitrogen and oxygen atoms in total. The summed E-state index contributed by atoms with van der Waals surface area (Å²) < 4.78 is 0. The van der Waals surface area contributed by atoms with Crippen molar-refractivity contribution in [3.8, 4) is 11.8 Å². The first-order valence-electron chi connectivity index (χ1n) is 4.65. The fourth-order valence-electron chi connectivity index (χ4n) is 1.06. The molecule has 0 bridgehead atoms. The van der Waals surface area contributed by atoms with E-state index in [1.165, 1.54) is 19.1 Å². The smallest absolute Gasteiger partial charge is 0.335 e. The van der Waals surface area contributed by atoms with Gasteiger partial charge < -0.3 is 5.11 Å². The summed E-state index contributed by atoms with van der Waals surface area (Å²) >= 11 is 6.87. The molecule has 0 radical (unpaired) electrons. The third kappa shape index (κ3) is 4.94. The average Bonchev–Trinajstić information content (AvgIpc) is 2.23. The zero-order chi connectivity index (χ0) is 12.8. The first-order chi connectivity index (χ1) is 7.99. The number of hydrogen-bond acceptors (Lipinski definition) is 3. The van der Waals surface area contributed by atoms with Crippen LogP contribution in [-0.4, -0.2) is 21.9 Å². The van der Waals surface area contributed by atoms with Crippen molar-refractivity contribution in [1.82, 2.24) is 0 Å². The van der Waals surface area contributed by atoms with E-state index in [9.17, 15) is 9.59 Å². The van der Waals surface area contributed by atoms with Crippen molar-refractivity contribution in [2.75, 3.05) is 5.75 Å². The molecular formula is C12H9ClO3S. The second-order valence-corrected chi connectivity index (χ2v) is 4.70. The lowest BCUT2D eigenvalue weighted by Crippen LogP contribution is -1.96. The zero-order valence-electron chi connectivity index (χ0n) is 8.99. The van der Waals surface area contributed by atoms with E-state index < -0.39 is 5.97 Å². The minimum atomic E-state index is -1.05. The van der Waals surface area contributed by atoms with E-state index in [0.29, 0.717) is 16.3 Å². The molecule has 0 aliphatic rings. The van der Waals surface area contributed by atoms with Crippen LogP contribution in [0.5, 0.6) is 0 Å². The standard InChI is InChI=1S/C12H9ClO3S/c1-8(14)17-4-2-3-9-5-10(12(15)16)7-11(13)6-9/h5-7H,4H2,1H3,(H,15,16). The Kier molecular flexibility index (Phi) is 5.08. The van der Waals surface area contributed by atoms with E-state index in [0.717, 1.165) is 11.8 Å². The third-order valence-electron chi connectivity index (χ3n) is 1.73. The molecule has 0 unspecified atom stereocenters. The maximum Gasteiger partial charge on any atom is 0.335 e. The van der Waals surface area contributed by atoms with Crippen LogP contribution in [-0.2, 0) is 4.79 Å². The van der Waals surface area contributed by atoms with Crippen LogP contribution >= 0.6 is 23.4 Å². The molecule has 17 heavy (non-hydrogen) atoms. The van der Waals surface area contributed by atoms with Crippen LogP contribution in [0.4, 0.5) is 0 Å². The van der Waals surface area contributed by atoms with Crippen LogP contribution in [0, 0.1) is 11.8 Å². The molecule has 1 rings (SSSR count). The van der Waals surface area contributed by atoms with Gasteiger partial charge in [-0.2, -0.15) is 0 Å². The number of carbonyl (C=O) groups is 2. The topological polar surface area (TPSA) is 54.4 Å². The van der Waals surface area contributed by atoms with Crippen LogP contribution in [0.1, 0.15) is 22.8 Å². The molecule has 0 atom stereocenters. The molecule has 88 valence electrons. The zero-order valence-corrected chi connectivity index (χ0v) is 10.6. The number of halogens is 1. The SMILES string of the molecule is CC(=O)SCC#Cc1cc(Cl)cc(C(=O)O)c1. The molecule has 0 amide bonds. The molecule has 0 saturated carbocycles. The van der Waals surface area contributed by atoms with E-state index in [1.54, 1.807) is 6.07 Å². The van der Waals surface area contributed by atoms with Gasteiger partial charge in [-0.25, -0.2) is 4.79 Å². The number of thioether (sulfide) groups is 1. The molecule has 0 aromatic heterocycles. The van der Waals surface area contributed by atoms with Crippen LogP contribution < -0.4 is 0 Å². The summed E-state index contributed by atoms with van der Waals surface area (Å²) in [4.78, 5) is 21.4. The van der Waals surface area contributed by atoms with E-state index >= 15 is 0 Å². The lowest BCUT2D eigenvalue weighted by atomic mass is 10.1. The largest absolute Gasteiger partial charge is 0.478 e. The third-order valence-corrected chi connectivity index (χ3v) is 2.64. The first kappa shape index (κ1) is 13.6. The molecule has 0 aliphatic carbocycles. The Morgan fingerprint density at radius 2 is 2.12 bits per heavy atom. The molecular weight excluding hydrogens is 260 g/mol. The molecule has 1 N–H and O–H groups in total. The number of hydrogen-bond donors (Lipinski definition) is 1. The highest BCUT2D eigenvalue weighted by Crippen LogP contribution is 2.14. The highest BCUT2D eigenvalue weighted by Gasteiger charge is 2.04. The molecule has 1 aromatic carbocycles. The predicted octanol–water partition coefficient (Wildman–Crippen LogP) is 2.67. The van der Waals surface area contributed by atoms with Crippen LogP contribution in [0.2, 0.25) is 5.02 Å². The quantitative estimate of drug-likeness (QED) is 0.838. The fourth-order valence-corrected chi connectivity index (χ4v) is 1.64. The summed E-state index contributed by atoms with van der Waals surface area (Å²) in [5.41, 5.74) is 0.625. The number of carboxylic acids is 1. The van der Waals surface area contributed by atoms with Gasteiger partial charge in [-0.1, -0.05) is 35.2 Å². The van der Waals surface area contributed by atoms with Gasteiger partial charge in [-0.05, 0) is 18.2 Å². The Bertz CT molecular complexity index is 514. The van der Waals surface area contributed by atoms with Crippen molar-refractivity contribution in [1.29, 1.82) is 0 Å². The van der Waals surface area contributed by atoms with Gasteiger partial charge in [0.2, 0.25) is 0 Å². The van der Waals surface area contributed by atoms with Gasteiger partial charge in [0.15, 0.2) is 5.12 Å². The number of carboxylic acid groups (broad SMARTS) is 1. The minimum absolute atomic E-state index is 0.00313. The summed E-state index contributed by atoms with van der Waals surface area (Å²) in [5.74, 6) is 4.86. The summed E-state index contributed by atoms with van der Waals surface area (Å²) in [6.07, 6.45) is 0. The Morgan fingerprint density at radius 1 is 1.41 bits per heavy atom. The molecule has 1 aromatic rings. The van der Waals surface area contributed by atoms with Crippen molar-refractivity contribution in [2.45, 2.75) is 6.92 Å². The Morgan fingerprint density at radius 3 is 2.71 bits per heavy atom. The average molecular weight is 269 g/mol. The van der Waals surface area contributed by atoms with Crippen LogP contribution in [0.15, 0.2) is 18.2 Å². The summed E-state index contributed by atoms with van der Waals surface area (Å²) in [7, 11) is 0. The second kappa shape index (κ2) is 6.33. The highest BCUT2D eigenvalue weighted by molar-refractivity contribution is 8.13. The molecule has 0 fully saturated rings. The Balaban J connectivity index is 2.84. The summed E-state index contributed by atoms with van der Waals surface area (Å²) in [6.45, 7) is 1.47. The lowest BCUT2D eigenvalue weighted by molar-refractivity contribution is -0.109. The van der Waals surface area contributed by atoms with Crippen molar-refractivity contribution in [3.05, 3.63) is 34.3 Å². The van der Waals surface area contributed by atoms with Gasteiger partial charge in [0.25, 0.3) is 0 Å². The van der Waals surface area contributed by atoms with Crippen molar-refractivity contribution >= 4 is 34.4 Å². The second-order valence-electron chi connectivity index (χ2n) is 3.12. The van der Waals surface area contributed by atoms with Gasteiger partial charge in [-0.3, -0.25) is 4.79 Å². The van der Waals surface area contributed by atoms with Crippen molar-refractivity contribution < 1.29 is 14.7 Å². The maximum absolute atomic E-state index is 10.8. The van der Waals surface area contributed by atoms with Gasteiger partial charge >= 0.3 is 5.97 Å². The molecule has 0 spiro atoms. The first-order valence-corrected chi connectivity index (χ1v) is 6.01. The fraction of sp³-hybridized carbons (Fsp3) is 0.167. The maximum atomic E-state index is 10.8. The Labute approximate surface area is 108 Å². The van der Waals surface area contributed by atoms with Crippen LogP contribution in [0.25, 0.3) is 0 Å². The number of aromatic carboxylic acids is 1. The van der Waals surface area contributed by atoms with Crippen molar-refractivity contribution in [2.24, 2.45) is 0 Å². The van der Waals surface area contributed by atoms with Gasteiger partial charge in [-0.15, -0.1) is 0 Å². The summed E-state index contributed by atoms with van der Waals surface area (Å²) in [6, 6.07) is 4.39. The monoisotopic (exact) mass is 268 g/mol.